The number of ether oxygens (including phenoxy) is 1. The van der Waals surface area contributed by atoms with Crippen molar-refractivity contribution in [3.8, 4) is 0 Å². The molecule has 5 rings (SSSR count). The Kier molecular flexibility index (Phi) is 5.39. The highest BCUT2D eigenvalue weighted by molar-refractivity contribution is 7.16. The Hall–Kier alpha value is -2.88. The van der Waals surface area contributed by atoms with Crippen molar-refractivity contribution < 1.29 is 9.53 Å². The number of pyridine rings is 1. The number of hydrogen-bond acceptors (Lipinski definition) is 8. The van der Waals surface area contributed by atoms with Crippen LogP contribution >= 0.6 is 22.9 Å². The quantitative estimate of drug-likeness (QED) is 0.470. The van der Waals surface area contributed by atoms with Crippen LogP contribution in [0.2, 0.25) is 5.02 Å². The Balaban J connectivity index is 1.52. The molecule has 158 valence electrons. The van der Waals surface area contributed by atoms with E-state index in [9.17, 15) is 4.79 Å². The molecule has 3 aromatic heterocycles. The number of amides is 1. The molecule has 2 unspecified atom stereocenters. The van der Waals surface area contributed by atoms with Gasteiger partial charge in [-0.15, -0.1) is 11.3 Å². The zero-order valence-corrected chi connectivity index (χ0v) is 18.2. The maximum Gasteiger partial charge on any atom is 0.270 e. The zero-order chi connectivity index (χ0) is 21.4. The number of aromatic nitrogens is 4. The SMILES string of the molecule is CC(Nc1ncnc2scnc12)c1cc2cccc(Cl)c2c(C(=O)NC2CCOC2)n1. The number of thiazole rings is 1. The number of carbonyl (C=O) groups is 1. The number of carbonyl (C=O) groups excluding carboxylic acids is 1. The lowest BCUT2D eigenvalue weighted by Crippen LogP contribution is -2.35. The molecule has 1 saturated heterocycles. The second kappa shape index (κ2) is 8.33. The fourth-order valence-corrected chi connectivity index (χ4v) is 4.55. The smallest absolute Gasteiger partial charge is 0.270 e. The van der Waals surface area contributed by atoms with Crippen molar-refractivity contribution in [2.24, 2.45) is 0 Å². The van der Waals surface area contributed by atoms with Crippen LogP contribution in [0.3, 0.4) is 0 Å². The van der Waals surface area contributed by atoms with Crippen LogP contribution in [-0.4, -0.2) is 45.1 Å². The van der Waals surface area contributed by atoms with Gasteiger partial charge in [-0.05, 0) is 30.9 Å². The first-order chi connectivity index (χ1) is 15.1. The Labute approximate surface area is 187 Å². The van der Waals surface area contributed by atoms with Gasteiger partial charge in [0.25, 0.3) is 5.91 Å². The van der Waals surface area contributed by atoms with Crippen LogP contribution in [0, 0.1) is 0 Å². The predicted octanol–water partition coefficient (Wildman–Crippen LogP) is 3.98. The van der Waals surface area contributed by atoms with E-state index in [0.29, 0.717) is 46.3 Å². The van der Waals surface area contributed by atoms with E-state index in [1.165, 1.54) is 17.7 Å². The number of nitrogens with zero attached hydrogens (tertiary/aromatic N) is 4. The molecule has 31 heavy (non-hydrogen) atoms. The number of hydrogen-bond donors (Lipinski definition) is 2. The van der Waals surface area contributed by atoms with Crippen LogP contribution in [-0.2, 0) is 4.74 Å². The summed E-state index contributed by atoms with van der Waals surface area (Å²) in [6.45, 7) is 3.11. The summed E-state index contributed by atoms with van der Waals surface area (Å²) in [5, 5.41) is 8.35. The first kappa shape index (κ1) is 20.0. The number of nitrogens with one attached hydrogen (secondary N) is 2. The standard InChI is InChI=1S/C21H19ClN6O2S/c1-11(26-19-18-21(24-9-23-19)31-10-25-18)15-7-12-3-2-4-14(22)16(12)17(28-15)20(29)27-13-5-6-30-8-13/h2-4,7,9-11,13H,5-6,8H2,1H3,(H,27,29)(H,23,24,26). The van der Waals surface area contributed by atoms with Crippen molar-refractivity contribution in [3.63, 3.8) is 0 Å². The fourth-order valence-electron chi connectivity index (χ4n) is 3.65. The average molecular weight is 455 g/mol. The molecule has 0 aliphatic carbocycles. The van der Waals surface area contributed by atoms with E-state index in [-0.39, 0.29) is 18.0 Å². The first-order valence-corrected chi connectivity index (χ1v) is 11.1. The summed E-state index contributed by atoms with van der Waals surface area (Å²) in [6.07, 6.45) is 2.29. The number of anilines is 1. The lowest BCUT2D eigenvalue weighted by molar-refractivity contribution is 0.0926. The molecule has 0 saturated carbocycles. The maximum atomic E-state index is 13.1. The molecular formula is C21H19ClN6O2S. The maximum absolute atomic E-state index is 13.1. The van der Waals surface area contributed by atoms with Crippen LogP contribution in [0.5, 0.6) is 0 Å². The third-order valence-electron chi connectivity index (χ3n) is 5.24. The van der Waals surface area contributed by atoms with Gasteiger partial charge in [-0.1, -0.05) is 23.7 Å². The Morgan fingerprint density at radius 3 is 3.06 bits per heavy atom. The van der Waals surface area contributed by atoms with E-state index in [1.54, 1.807) is 11.6 Å². The highest BCUT2D eigenvalue weighted by atomic mass is 35.5. The van der Waals surface area contributed by atoms with Gasteiger partial charge in [-0.25, -0.2) is 19.9 Å². The molecule has 1 fully saturated rings. The van der Waals surface area contributed by atoms with E-state index < -0.39 is 0 Å². The monoisotopic (exact) mass is 454 g/mol. The molecule has 2 N–H and O–H groups in total. The summed E-state index contributed by atoms with van der Waals surface area (Å²) in [6, 6.07) is 7.24. The number of halogens is 1. The molecule has 1 aliphatic rings. The highest BCUT2D eigenvalue weighted by Gasteiger charge is 2.23. The van der Waals surface area contributed by atoms with Crippen molar-refractivity contribution in [2.75, 3.05) is 18.5 Å². The molecule has 4 heterocycles. The van der Waals surface area contributed by atoms with Gasteiger partial charge in [-0.2, -0.15) is 0 Å². The van der Waals surface area contributed by atoms with E-state index >= 15 is 0 Å². The Morgan fingerprint density at radius 2 is 2.23 bits per heavy atom. The largest absolute Gasteiger partial charge is 0.379 e. The molecule has 1 amide bonds. The minimum Gasteiger partial charge on any atom is -0.379 e. The van der Waals surface area contributed by atoms with Crippen molar-refractivity contribution in [2.45, 2.75) is 25.4 Å². The second-order valence-electron chi connectivity index (χ2n) is 7.36. The molecule has 0 bridgehead atoms. The second-order valence-corrected chi connectivity index (χ2v) is 8.60. The molecule has 0 spiro atoms. The molecule has 10 heteroatoms. The Bertz CT molecular complexity index is 1270. The molecular weight excluding hydrogens is 436 g/mol. The summed E-state index contributed by atoms with van der Waals surface area (Å²) in [5.74, 6) is 0.368. The van der Waals surface area contributed by atoms with Crippen LogP contribution < -0.4 is 10.6 Å². The van der Waals surface area contributed by atoms with Gasteiger partial charge in [0, 0.05) is 12.0 Å². The molecule has 8 nitrogen and oxygen atoms in total. The third kappa shape index (κ3) is 3.91. The van der Waals surface area contributed by atoms with Gasteiger partial charge in [0.15, 0.2) is 5.82 Å². The minimum absolute atomic E-state index is 0.0231. The molecule has 2 atom stereocenters. The van der Waals surface area contributed by atoms with Crippen LogP contribution in [0.25, 0.3) is 21.1 Å². The van der Waals surface area contributed by atoms with Crippen molar-refractivity contribution >= 4 is 55.8 Å². The van der Waals surface area contributed by atoms with Crippen LogP contribution in [0.4, 0.5) is 5.82 Å². The minimum atomic E-state index is -0.258. The number of benzene rings is 1. The van der Waals surface area contributed by atoms with Gasteiger partial charge >= 0.3 is 0 Å². The summed E-state index contributed by atoms with van der Waals surface area (Å²) in [5.41, 5.74) is 3.45. The zero-order valence-electron chi connectivity index (χ0n) is 16.6. The van der Waals surface area contributed by atoms with E-state index in [0.717, 1.165) is 16.6 Å². The van der Waals surface area contributed by atoms with E-state index in [1.807, 2.05) is 25.1 Å². The van der Waals surface area contributed by atoms with E-state index in [2.05, 4.69) is 25.6 Å². The van der Waals surface area contributed by atoms with E-state index in [4.69, 9.17) is 21.3 Å². The average Bonchev–Trinajstić information content (AvgIpc) is 3.45. The number of fused-ring (bicyclic) bond motifs is 2. The van der Waals surface area contributed by atoms with Gasteiger partial charge in [-0.3, -0.25) is 4.79 Å². The van der Waals surface area contributed by atoms with Gasteiger partial charge in [0.1, 0.15) is 22.4 Å². The van der Waals surface area contributed by atoms with Crippen molar-refractivity contribution in [3.05, 3.63) is 52.5 Å². The first-order valence-electron chi connectivity index (χ1n) is 9.88. The summed E-state index contributed by atoms with van der Waals surface area (Å²) in [7, 11) is 0. The fraction of sp³-hybridized carbons (Fsp3) is 0.286. The summed E-state index contributed by atoms with van der Waals surface area (Å²) >= 11 is 7.91. The molecule has 1 aliphatic heterocycles. The van der Waals surface area contributed by atoms with Gasteiger partial charge < -0.3 is 15.4 Å². The highest BCUT2D eigenvalue weighted by Crippen LogP contribution is 2.30. The number of rotatable bonds is 5. The molecule has 1 aromatic carbocycles. The lowest BCUT2D eigenvalue weighted by Gasteiger charge is -2.18. The van der Waals surface area contributed by atoms with Crippen molar-refractivity contribution in [1.29, 1.82) is 0 Å². The van der Waals surface area contributed by atoms with Gasteiger partial charge in [0.05, 0.1) is 34.9 Å². The van der Waals surface area contributed by atoms with Crippen LogP contribution in [0.15, 0.2) is 36.1 Å². The van der Waals surface area contributed by atoms with Gasteiger partial charge in [0.2, 0.25) is 0 Å². The topological polar surface area (TPSA) is 102 Å². The normalized spacial score (nSPS) is 17.2. The molecule has 0 radical (unpaired) electrons. The summed E-state index contributed by atoms with van der Waals surface area (Å²) in [4.78, 5) is 31.5. The van der Waals surface area contributed by atoms with Crippen LogP contribution in [0.1, 0.15) is 35.6 Å². The Morgan fingerprint density at radius 1 is 1.32 bits per heavy atom. The summed E-state index contributed by atoms with van der Waals surface area (Å²) < 4.78 is 5.37. The third-order valence-corrected chi connectivity index (χ3v) is 6.29. The lowest BCUT2D eigenvalue weighted by atomic mass is 10.0. The predicted molar refractivity (Wildman–Crippen MR) is 121 cm³/mol. The molecule has 4 aromatic rings. The van der Waals surface area contributed by atoms with Crippen molar-refractivity contribution in [1.82, 2.24) is 25.3 Å².